The summed E-state index contributed by atoms with van der Waals surface area (Å²) in [6, 6.07) is 5.97. The highest BCUT2D eigenvalue weighted by molar-refractivity contribution is 5.93. The Bertz CT molecular complexity index is 720. The summed E-state index contributed by atoms with van der Waals surface area (Å²) in [5.74, 6) is 0.858. The molecule has 1 N–H and O–H groups in total. The first-order chi connectivity index (χ1) is 10.2. The van der Waals surface area contributed by atoms with Crippen molar-refractivity contribution in [1.82, 2.24) is 14.9 Å². The number of cyclic esters (lactones) is 1. The van der Waals surface area contributed by atoms with Crippen molar-refractivity contribution in [3.8, 4) is 11.3 Å². The van der Waals surface area contributed by atoms with Crippen LogP contribution in [-0.2, 0) is 24.2 Å². The molecule has 108 valence electrons. The fourth-order valence-electron chi connectivity index (χ4n) is 3.14. The van der Waals surface area contributed by atoms with Crippen LogP contribution in [0.1, 0.15) is 28.7 Å². The second-order valence-corrected chi connectivity index (χ2v) is 5.68. The Morgan fingerprint density at radius 1 is 1.43 bits per heavy atom. The minimum Gasteiger partial charge on any atom is -0.459 e. The maximum Gasteiger partial charge on any atom is 0.338 e. The average molecular weight is 283 g/mol. The van der Waals surface area contributed by atoms with Crippen molar-refractivity contribution in [3.05, 3.63) is 41.3 Å². The molecule has 1 unspecified atom stereocenters. The minimum atomic E-state index is -0.213. The summed E-state index contributed by atoms with van der Waals surface area (Å²) in [5.41, 5.74) is 4.01. The van der Waals surface area contributed by atoms with Gasteiger partial charge in [0, 0.05) is 25.1 Å². The molecule has 5 heteroatoms. The van der Waals surface area contributed by atoms with Crippen LogP contribution in [0, 0.1) is 0 Å². The van der Waals surface area contributed by atoms with Crippen LogP contribution in [0.25, 0.3) is 11.3 Å². The van der Waals surface area contributed by atoms with E-state index in [0.717, 1.165) is 48.7 Å². The van der Waals surface area contributed by atoms with Gasteiger partial charge in [0.1, 0.15) is 11.9 Å². The second kappa shape index (κ2) is 4.70. The first kappa shape index (κ1) is 12.6. The zero-order chi connectivity index (χ0) is 14.4. The molecule has 1 atom stereocenters. The third-order valence-electron chi connectivity index (χ3n) is 4.17. The van der Waals surface area contributed by atoms with E-state index in [-0.39, 0.29) is 12.1 Å². The smallest absolute Gasteiger partial charge is 0.338 e. The number of nitrogens with one attached hydrogen (secondary N) is 1. The molecule has 1 aromatic heterocycles. The molecule has 2 aromatic rings. The molecule has 0 bridgehead atoms. The molecule has 5 nitrogen and oxygen atoms in total. The van der Waals surface area contributed by atoms with Gasteiger partial charge in [0.05, 0.1) is 24.0 Å². The van der Waals surface area contributed by atoms with Gasteiger partial charge < -0.3 is 14.6 Å². The molecule has 0 saturated heterocycles. The number of aromatic nitrogens is 2. The fraction of sp³-hybridized carbons (Fsp3) is 0.375. The zero-order valence-electron chi connectivity index (χ0n) is 11.9. The highest BCUT2D eigenvalue weighted by Crippen LogP contribution is 2.28. The third-order valence-corrected chi connectivity index (χ3v) is 4.17. The van der Waals surface area contributed by atoms with Crippen molar-refractivity contribution in [2.45, 2.75) is 32.5 Å². The lowest BCUT2D eigenvalue weighted by Gasteiger charge is -2.23. The number of benzene rings is 1. The van der Waals surface area contributed by atoms with Crippen LogP contribution in [0.5, 0.6) is 0 Å². The molecule has 3 heterocycles. The first-order valence-corrected chi connectivity index (χ1v) is 7.32. The number of ether oxygens (including phenoxy) is 1. The van der Waals surface area contributed by atoms with E-state index in [0.29, 0.717) is 5.56 Å². The zero-order valence-corrected chi connectivity index (χ0v) is 11.9. The van der Waals surface area contributed by atoms with Crippen LogP contribution in [0.2, 0.25) is 0 Å². The molecule has 2 aliphatic heterocycles. The topological polar surface area (TPSA) is 56.2 Å². The highest BCUT2D eigenvalue weighted by atomic mass is 16.5. The van der Waals surface area contributed by atoms with Crippen molar-refractivity contribution < 1.29 is 9.53 Å². The molecule has 0 radical (unpaired) electrons. The van der Waals surface area contributed by atoms with E-state index < -0.39 is 0 Å². The Labute approximate surface area is 122 Å². The maximum atomic E-state index is 11.9. The molecular formula is C16H17N3O2. The number of carbonyl (C=O) groups excluding carboxylic acids is 1. The lowest BCUT2D eigenvalue weighted by atomic mass is 9.96. The number of nitrogens with zero attached hydrogens (tertiary/aromatic N) is 2. The van der Waals surface area contributed by atoms with Gasteiger partial charge in [-0.2, -0.15) is 0 Å². The summed E-state index contributed by atoms with van der Waals surface area (Å²) in [6.45, 7) is 4.64. The molecule has 0 aliphatic carbocycles. The average Bonchev–Trinajstić information content (AvgIpc) is 2.90. The minimum absolute atomic E-state index is 0.0520. The Kier molecular flexibility index (Phi) is 2.82. The molecule has 0 amide bonds. The van der Waals surface area contributed by atoms with Gasteiger partial charge >= 0.3 is 5.97 Å². The largest absolute Gasteiger partial charge is 0.459 e. The molecule has 21 heavy (non-hydrogen) atoms. The van der Waals surface area contributed by atoms with Gasteiger partial charge in [-0.3, -0.25) is 0 Å². The van der Waals surface area contributed by atoms with Crippen LogP contribution in [-0.4, -0.2) is 28.2 Å². The number of hydrogen-bond acceptors (Lipinski definition) is 4. The van der Waals surface area contributed by atoms with Crippen molar-refractivity contribution in [2.24, 2.45) is 0 Å². The van der Waals surface area contributed by atoms with Gasteiger partial charge in [0.25, 0.3) is 0 Å². The quantitative estimate of drug-likeness (QED) is 0.810. The van der Waals surface area contributed by atoms with Crippen LogP contribution in [0.15, 0.2) is 24.4 Å². The van der Waals surface area contributed by atoms with Gasteiger partial charge in [0.15, 0.2) is 0 Å². The summed E-state index contributed by atoms with van der Waals surface area (Å²) in [7, 11) is 0. The first-order valence-electron chi connectivity index (χ1n) is 7.32. The summed E-state index contributed by atoms with van der Waals surface area (Å²) in [6.07, 6.45) is 2.65. The number of rotatable bonds is 1. The Balaban J connectivity index is 1.78. The van der Waals surface area contributed by atoms with Crippen LogP contribution >= 0.6 is 0 Å². The lowest BCUT2D eigenvalue weighted by Crippen LogP contribution is -2.28. The van der Waals surface area contributed by atoms with Gasteiger partial charge in [-0.15, -0.1) is 0 Å². The van der Waals surface area contributed by atoms with Gasteiger partial charge in [-0.25, -0.2) is 9.78 Å². The summed E-state index contributed by atoms with van der Waals surface area (Å²) >= 11 is 0. The maximum absolute atomic E-state index is 11.9. The second-order valence-electron chi connectivity index (χ2n) is 5.68. The molecule has 1 aromatic carbocycles. The predicted octanol–water partition coefficient (Wildman–Crippen LogP) is 1.75. The normalized spacial score (nSPS) is 20.6. The van der Waals surface area contributed by atoms with E-state index in [1.165, 1.54) is 0 Å². The highest BCUT2D eigenvalue weighted by Gasteiger charge is 2.24. The van der Waals surface area contributed by atoms with Crippen molar-refractivity contribution >= 4 is 5.97 Å². The van der Waals surface area contributed by atoms with E-state index in [9.17, 15) is 4.79 Å². The Morgan fingerprint density at radius 3 is 3.24 bits per heavy atom. The SMILES string of the molecule is CC1Cc2cc(-c3cnc4n3CCNC4)ccc2C(=O)O1. The molecular weight excluding hydrogens is 266 g/mol. The van der Waals surface area contributed by atoms with E-state index in [2.05, 4.69) is 20.9 Å². The van der Waals surface area contributed by atoms with Crippen molar-refractivity contribution in [1.29, 1.82) is 0 Å². The summed E-state index contributed by atoms with van der Waals surface area (Å²) in [5, 5.41) is 3.32. The van der Waals surface area contributed by atoms with E-state index in [1.807, 2.05) is 25.3 Å². The van der Waals surface area contributed by atoms with Gasteiger partial charge in [-0.05, 0) is 24.6 Å². The third kappa shape index (κ3) is 2.05. The van der Waals surface area contributed by atoms with Gasteiger partial charge in [-0.1, -0.05) is 6.07 Å². The van der Waals surface area contributed by atoms with Crippen molar-refractivity contribution in [3.63, 3.8) is 0 Å². The van der Waals surface area contributed by atoms with E-state index in [4.69, 9.17) is 4.74 Å². The molecule has 0 spiro atoms. The number of carbonyl (C=O) groups is 1. The standard InChI is InChI=1S/C16H17N3O2/c1-10-6-12-7-11(2-3-13(12)16(20)21-10)14-8-18-15-9-17-4-5-19(14)15/h2-3,7-8,10,17H,4-6,9H2,1H3. The van der Waals surface area contributed by atoms with Crippen molar-refractivity contribution in [2.75, 3.05) is 6.54 Å². The van der Waals surface area contributed by atoms with E-state index >= 15 is 0 Å². The monoisotopic (exact) mass is 283 g/mol. The summed E-state index contributed by atoms with van der Waals surface area (Å²) in [4.78, 5) is 16.4. The molecule has 0 saturated carbocycles. The Morgan fingerprint density at radius 2 is 2.33 bits per heavy atom. The van der Waals surface area contributed by atoms with Gasteiger partial charge in [0.2, 0.25) is 0 Å². The Hall–Kier alpha value is -2.14. The molecule has 0 fully saturated rings. The lowest BCUT2D eigenvalue weighted by molar-refractivity contribution is 0.0301. The fourth-order valence-corrected chi connectivity index (χ4v) is 3.14. The summed E-state index contributed by atoms with van der Waals surface area (Å²) < 4.78 is 7.52. The van der Waals surface area contributed by atoms with Crippen LogP contribution in [0.4, 0.5) is 0 Å². The molecule has 4 rings (SSSR count). The van der Waals surface area contributed by atoms with E-state index in [1.54, 1.807) is 0 Å². The van der Waals surface area contributed by atoms with Crippen LogP contribution in [0.3, 0.4) is 0 Å². The number of esters is 1. The number of fused-ring (bicyclic) bond motifs is 2. The number of imidazole rings is 1. The van der Waals surface area contributed by atoms with Crippen LogP contribution < -0.4 is 5.32 Å². The predicted molar refractivity (Wildman–Crippen MR) is 78.0 cm³/mol. The molecule has 2 aliphatic rings. The number of hydrogen-bond donors (Lipinski definition) is 1.